The van der Waals surface area contributed by atoms with E-state index in [1.54, 1.807) is 0 Å². The molecule has 0 saturated carbocycles. The van der Waals surface area contributed by atoms with Crippen molar-refractivity contribution in [1.82, 2.24) is 15.2 Å². The number of benzene rings is 1. The molecule has 0 spiro atoms. The SMILES string of the molecule is CCCCCCCCSC(=O)Oc1cc(Cl)nnc1-c1ccccc1.O=C(O)c1nc(Cl)ccc1Cl. The average Bonchev–Trinajstić information content (AvgIpc) is 2.86. The highest BCUT2D eigenvalue weighted by atomic mass is 35.5. The molecule has 1 aromatic carbocycles. The third-order valence-corrected chi connectivity index (χ3v) is 6.21. The monoisotopic (exact) mass is 569 g/mol. The number of carbonyl (C=O) groups excluding carboxylic acids is 1. The van der Waals surface area contributed by atoms with Gasteiger partial charge in [-0.2, -0.15) is 0 Å². The van der Waals surface area contributed by atoms with Gasteiger partial charge in [0.2, 0.25) is 0 Å². The van der Waals surface area contributed by atoms with Gasteiger partial charge in [-0.3, -0.25) is 0 Å². The van der Waals surface area contributed by atoms with E-state index in [1.807, 2.05) is 30.3 Å². The van der Waals surface area contributed by atoms with E-state index < -0.39 is 5.97 Å². The van der Waals surface area contributed by atoms with Crippen molar-refractivity contribution in [3.05, 3.63) is 69.6 Å². The fourth-order valence-electron chi connectivity index (χ4n) is 2.95. The van der Waals surface area contributed by atoms with E-state index in [9.17, 15) is 9.59 Å². The van der Waals surface area contributed by atoms with Crippen LogP contribution in [-0.2, 0) is 0 Å². The van der Waals surface area contributed by atoms with Crippen LogP contribution >= 0.6 is 46.6 Å². The number of carbonyl (C=O) groups is 2. The standard InChI is InChI=1S/C19H23ClN2O2S.C6H3Cl2NO2/c1-2-3-4-5-6-10-13-25-19(23)24-16-14-17(20)21-22-18(16)15-11-8-7-9-12-15;7-3-1-2-4(8)9-5(3)6(10)11/h7-9,11-12,14H,2-6,10,13H2,1H3;1-2H,(H,10,11). The molecular formula is C25H26Cl3N3O4S. The Bertz CT molecular complexity index is 1140. The van der Waals surface area contributed by atoms with Crippen LogP contribution in [0.4, 0.5) is 4.79 Å². The minimum absolute atomic E-state index is 0.0851. The van der Waals surface area contributed by atoms with Crippen LogP contribution in [0.5, 0.6) is 5.75 Å². The van der Waals surface area contributed by atoms with Gasteiger partial charge in [-0.25, -0.2) is 14.6 Å². The maximum atomic E-state index is 12.1. The summed E-state index contributed by atoms with van der Waals surface area (Å²) in [5, 5.41) is 16.5. The number of hydrogen-bond donors (Lipinski definition) is 1. The van der Waals surface area contributed by atoms with Crippen LogP contribution in [0.15, 0.2) is 48.5 Å². The fraction of sp³-hybridized carbons (Fsp3) is 0.320. The molecule has 1 N–H and O–H groups in total. The van der Waals surface area contributed by atoms with Gasteiger partial charge in [-0.1, -0.05) is 104 Å². The first-order chi connectivity index (χ1) is 17.3. The Balaban J connectivity index is 0.000000346. The number of ether oxygens (including phenoxy) is 1. The molecule has 2 heterocycles. The molecule has 0 atom stereocenters. The number of hydrogen-bond acceptors (Lipinski definition) is 7. The van der Waals surface area contributed by atoms with E-state index in [-0.39, 0.29) is 26.3 Å². The van der Waals surface area contributed by atoms with Crippen LogP contribution in [0, 0.1) is 0 Å². The van der Waals surface area contributed by atoms with E-state index >= 15 is 0 Å². The minimum atomic E-state index is -1.18. The van der Waals surface area contributed by atoms with Gasteiger partial charge in [0.25, 0.3) is 0 Å². The van der Waals surface area contributed by atoms with Crippen molar-refractivity contribution in [1.29, 1.82) is 0 Å². The van der Waals surface area contributed by atoms with Crippen molar-refractivity contribution in [2.24, 2.45) is 0 Å². The summed E-state index contributed by atoms with van der Waals surface area (Å²) in [7, 11) is 0. The average molecular weight is 571 g/mol. The Hall–Kier alpha value is -2.39. The quantitative estimate of drug-likeness (QED) is 0.147. The lowest BCUT2D eigenvalue weighted by Gasteiger charge is -2.09. The number of rotatable bonds is 10. The van der Waals surface area contributed by atoms with E-state index in [2.05, 4.69) is 22.1 Å². The molecule has 11 heteroatoms. The highest BCUT2D eigenvalue weighted by Gasteiger charge is 2.14. The van der Waals surface area contributed by atoms with Crippen LogP contribution in [0.25, 0.3) is 11.3 Å². The van der Waals surface area contributed by atoms with Crippen molar-refractivity contribution >= 4 is 57.8 Å². The number of aromatic nitrogens is 3. The summed E-state index contributed by atoms with van der Waals surface area (Å²) in [4.78, 5) is 26.0. The number of aromatic carboxylic acids is 1. The van der Waals surface area contributed by atoms with Crippen LogP contribution in [0.1, 0.15) is 55.9 Å². The predicted molar refractivity (Wildman–Crippen MR) is 146 cm³/mol. The summed E-state index contributed by atoms with van der Waals surface area (Å²) in [6, 6.07) is 13.8. The normalized spacial score (nSPS) is 10.3. The van der Waals surface area contributed by atoms with Crippen LogP contribution in [-0.4, -0.2) is 37.3 Å². The second-order valence-corrected chi connectivity index (χ2v) is 9.70. The number of halogens is 3. The number of thioether (sulfide) groups is 1. The Labute approximate surface area is 229 Å². The lowest BCUT2D eigenvalue weighted by Crippen LogP contribution is -2.04. The number of pyridine rings is 1. The highest BCUT2D eigenvalue weighted by molar-refractivity contribution is 8.13. The maximum Gasteiger partial charge on any atom is 0.372 e. The van der Waals surface area contributed by atoms with Gasteiger partial charge in [-0.05, 0) is 30.3 Å². The van der Waals surface area contributed by atoms with Crippen molar-refractivity contribution in [3.8, 4) is 17.0 Å². The molecule has 0 fully saturated rings. The molecule has 0 unspecified atom stereocenters. The molecular weight excluding hydrogens is 545 g/mol. The number of carboxylic acid groups (broad SMARTS) is 1. The lowest BCUT2D eigenvalue weighted by atomic mass is 10.1. The van der Waals surface area contributed by atoms with Gasteiger partial charge in [0.1, 0.15) is 10.8 Å². The van der Waals surface area contributed by atoms with Gasteiger partial charge >= 0.3 is 11.3 Å². The van der Waals surface area contributed by atoms with E-state index in [0.29, 0.717) is 11.4 Å². The zero-order valence-corrected chi connectivity index (χ0v) is 22.7. The van der Waals surface area contributed by atoms with Gasteiger partial charge in [0.15, 0.2) is 16.6 Å². The highest BCUT2D eigenvalue weighted by Crippen LogP contribution is 2.30. The molecule has 0 bridgehead atoms. The van der Waals surface area contributed by atoms with E-state index in [1.165, 1.54) is 55.6 Å². The molecule has 192 valence electrons. The summed E-state index contributed by atoms with van der Waals surface area (Å²) in [5.74, 6) is -0.0816. The lowest BCUT2D eigenvalue weighted by molar-refractivity contribution is 0.0690. The summed E-state index contributed by atoms with van der Waals surface area (Å²) >= 11 is 18.0. The summed E-state index contributed by atoms with van der Waals surface area (Å²) in [6.07, 6.45) is 7.20. The molecule has 0 aliphatic carbocycles. The smallest absolute Gasteiger partial charge is 0.372 e. The third kappa shape index (κ3) is 10.7. The first-order valence-electron chi connectivity index (χ1n) is 11.3. The van der Waals surface area contributed by atoms with Crippen LogP contribution in [0.3, 0.4) is 0 Å². The Morgan fingerprint density at radius 3 is 2.28 bits per heavy atom. The van der Waals surface area contributed by atoms with E-state index in [4.69, 9.17) is 44.6 Å². The van der Waals surface area contributed by atoms with Crippen molar-refractivity contribution in [2.75, 3.05) is 5.75 Å². The maximum absolute atomic E-state index is 12.1. The minimum Gasteiger partial charge on any atom is -0.476 e. The van der Waals surface area contributed by atoms with Crippen LogP contribution < -0.4 is 4.74 Å². The van der Waals surface area contributed by atoms with Gasteiger partial charge in [-0.15, -0.1) is 10.2 Å². The summed E-state index contributed by atoms with van der Waals surface area (Å²) in [6.45, 7) is 2.20. The Morgan fingerprint density at radius 1 is 0.917 bits per heavy atom. The molecule has 0 amide bonds. The number of carboxylic acids is 1. The molecule has 0 aliphatic rings. The zero-order chi connectivity index (χ0) is 26.3. The molecule has 0 saturated heterocycles. The van der Waals surface area contributed by atoms with Crippen molar-refractivity contribution < 1.29 is 19.4 Å². The Kier molecular flexibility index (Phi) is 13.6. The topological polar surface area (TPSA) is 102 Å². The van der Waals surface area contributed by atoms with Crippen molar-refractivity contribution in [3.63, 3.8) is 0 Å². The molecule has 0 radical (unpaired) electrons. The first-order valence-corrected chi connectivity index (χ1v) is 13.4. The molecule has 7 nitrogen and oxygen atoms in total. The van der Waals surface area contributed by atoms with E-state index in [0.717, 1.165) is 24.2 Å². The Morgan fingerprint density at radius 2 is 1.61 bits per heavy atom. The van der Waals surface area contributed by atoms with Crippen LogP contribution in [0.2, 0.25) is 15.3 Å². The second kappa shape index (κ2) is 16.4. The molecule has 3 rings (SSSR count). The molecule has 0 aliphatic heterocycles. The number of unbranched alkanes of at least 4 members (excludes halogenated alkanes) is 5. The molecule has 36 heavy (non-hydrogen) atoms. The largest absolute Gasteiger partial charge is 0.476 e. The molecule has 3 aromatic rings. The van der Waals surface area contributed by atoms with Gasteiger partial charge < -0.3 is 9.84 Å². The predicted octanol–water partition coefficient (Wildman–Crippen LogP) is 8.48. The first kappa shape index (κ1) is 29.8. The second-order valence-electron chi connectivity index (χ2n) is 7.48. The van der Waals surface area contributed by atoms with Gasteiger partial charge in [0, 0.05) is 17.4 Å². The number of nitrogens with zero attached hydrogens (tertiary/aromatic N) is 3. The van der Waals surface area contributed by atoms with Crippen molar-refractivity contribution in [2.45, 2.75) is 45.4 Å². The zero-order valence-electron chi connectivity index (χ0n) is 19.6. The molecule has 2 aromatic heterocycles. The summed E-state index contributed by atoms with van der Waals surface area (Å²) in [5.41, 5.74) is 1.12. The summed E-state index contributed by atoms with van der Waals surface area (Å²) < 4.78 is 5.46. The van der Waals surface area contributed by atoms with Gasteiger partial charge in [0.05, 0.1) is 5.02 Å². The third-order valence-electron chi connectivity index (χ3n) is 4.70. The fourth-order valence-corrected chi connectivity index (χ4v) is 4.09.